The number of aliphatic hydroxyl groups is 1. The lowest BCUT2D eigenvalue weighted by atomic mass is 9.76. The first-order valence-electron chi connectivity index (χ1n) is 9.35. The van der Waals surface area contributed by atoms with Crippen molar-refractivity contribution in [1.82, 2.24) is 9.44 Å². The summed E-state index contributed by atoms with van der Waals surface area (Å²) in [6.07, 6.45) is 3.78. The van der Waals surface area contributed by atoms with Crippen molar-refractivity contribution in [2.24, 2.45) is 0 Å². The number of benzene rings is 1. The van der Waals surface area contributed by atoms with Crippen molar-refractivity contribution in [3.8, 4) is 5.75 Å². The Bertz CT molecular complexity index is 853. The first-order chi connectivity index (χ1) is 12.9. The van der Waals surface area contributed by atoms with E-state index in [9.17, 15) is 21.9 Å². The summed E-state index contributed by atoms with van der Waals surface area (Å²) >= 11 is 0. The third-order valence-electron chi connectivity index (χ3n) is 4.89. The van der Waals surface area contributed by atoms with Gasteiger partial charge in [0.05, 0.1) is 17.5 Å². The van der Waals surface area contributed by atoms with Gasteiger partial charge in [-0.1, -0.05) is 25.0 Å². The molecule has 1 saturated carbocycles. The van der Waals surface area contributed by atoms with Crippen LogP contribution in [0.4, 0.5) is 0 Å². The van der Waals surface area contributed by atoms with E-state index in [-0.39, 0.29) is 13.2 Å². The smallest absolute Gasteiger partial charge is 0.214 e. The van der Waals surface area contributed by atoms with Crippen LogP contribution in [0.2, 0.25) is 0 Å². The molecule has 0 spiro atoms. The van der Waals surface area contributed by atoms with Gasteiger partial charge in [0.1, 0.15) is 18.0 Å². The van der Waals surface area contributed by atoms with Crippen LogP contribution in [0.5, 0.6) is 5.75 Å². The Balaban J connectivity index is 2.08. The molecule has 0 aliphatic heterocycles. The van der Waals surface area contributed by atoms with Crippen molar-refractivity contribution in [1.29, 1.82) is 0 Å². The van der Waals surface area contributed by atoms with Gasteiger partial charge in [-0.3, -0.25) is 0 Å². The van der Waals surface area contributed by atoms with Crippen LogP contribution in [0.15, 0.2) is 24.3 Å². The fourth-order valence-electron chi connectivity index (χ4n) is 3.23. The number of rotatable bonds is 9. The fraction of sp³-hybridized carbons (Fsp3) is 0.667. The molecule has 1 aromatic carbocycles. The molecule has 2 rings (SSSR count). The molecule has 3 N–H and O–H groups in total. The third kappa shape index (κ3) is 6.15. The van der Waals surface area contributed by atoms with E-state index in [1.807, 2.05) is 0 Å². The molecule has 0 amide bonds. The van der Waals surface area contributed by atoms with Crippen molar-refractivity contribution in [2.45, 2.75) is 56.4 Å². The van der Waals surface area contributed by atoms with Crippen molar-refractivity contribution in [3.63, 3.8) is 0 Å². The lowest BCUT2D eigenvalue weighted by Crippen LogP contribution is -2.53. The highest BCUT2D eigenvalue weighted by molar-refractivity contribution is 7.90. The van der Waals surface area contributed by atoms with E-state index in [4.69, 9.17) is 4.74 Å². The minimum absolute atomic E-state index is 0.156. The summed E-state index contributed by atoms with van der Waals surface area (Å²) in [5.41, 5.74) is -0.651. The maximum absolute atomic E-state index is 12.3. The van der Waals surface area contributed by atoms with Gasteiger partial charge in [-0.2, -0.15) is 0 Å². The van der Waals surface area contributed by atoms with Crippen LogP contribution >= 0.6 is 0 Å². The SMILES string of the molecule is CC(C)S(=O)(=O)NC1CCCCC1(O)c1ccc(OCCNS(C)(=O)=O)cc1. The minimum Gasteiger partial charge on any atom is -0.492 e. The van der Waals surface area contributed by atoms with Crippen molar-refractivity contribution in [2.75, 3.05) is 19.4 Å². The van der Waals surface area contributed by atoms with Crippen molar-refractivity contribution < 1.29 is 26.7 Å². The number of hydrogen-bond donors (Lipinski definition) is 3. The summed E-state index contributed by atoms with van der Waals surface area (Å²) in [5.74, 6) is 0.540. The van der Waals surface area contributed by atoms with Gasteiger partial charge in [-0.05, 0) is 44.4 Å². The molecule has 1 aliphatic rings. The Morgan fingerprint density at radius 3 is 2.39 bits per heavy atom. The summed E-state index contributed by atoms with van der Waals surface area (Å²) in [4.78, 5) is 0. The molecule has 0 radical (unpaired) electrons. The van der Waals surface area contributed by atoms with Crippen LogP contribution in [0.25, 0.3) is 0 Å². The topological polar surface area (TPSA) is 122 Å². The Labute approximate surface area is 167 Å². The number of ether oxygens (including phenoxy) is 1. The van der Waals surface area contributed by atoms with Crippen molar-refractivity contribution >= 4 is 20.0 Å². The molecule has 1 aliphatic carbocycles. The zero-order chi connectivity index (χ0) is 21.0. The second-order valence-corrected chi connectivity index (χ2v) is 11.6. The molecule has 160 valence electrons. The molecule has 0 bridgehead atoms. The fourth-order valence-corrected chi connectivity index (χ4v) is 4.66. The summed E-state index contributed by atoms with van der Waals surface area (Å²) < 4.78 is 57.2. The van der Waals surface area contributed by atoms with Crippen LogP contribution in [0.3, 0.4) is 0 Å². The Morgan fingerprint density at radius 1 is 1.18 bits per heavy atom. The van der Waals surface area contributed by atoms with Gasteiger partial charge in [-0.25, -0.2) is 26.3 Å². The van der Waals surface area contributed by atoms with Crippen LogP contribution < -0.4 is 14.2 Å². The number of hydrogen-bond acceptors (Lipinski definition) is 6. The lowest BCUT2D eigenvalue weighted by Gasteiger charge is -2.41. The second-order valence-electron chi connectivity index (χ2n) is 7.47. The second kappa shape index (κ2) is 9.08. The normalized spacial score (nSPS) is 23.7. The first-order valence-corrected chi connectivity index (χ1v) is 12.8. The molecule has 0 saturated heterocycles. The molecule has 1 fully saturated rings. The Morgan fingerprint density at radius 2 is 1.82 bits per heavy atom. The quantitative estimate of drug-likeness (QED) is 0.500. The highest BCUT2D eigenvalue weighted by Gasteiger charge is 2.42. The van der Waals surface area contributed by atoms with Gasteiger partial charge >= 0.3 is 0 Å². The minimum atomic E-state index is -3.50. The van der Waals surface area contributed by atoms with Gasteiger partial charge in [0.25, 0.3) is 0 Å². The van der Waals surface area contributed by atoms with Crippen LogP contribution in [-0.2, 0) is 25.6 Å². The molecule has 10 heteroatoms. The van der Waals surface area contributed by atoms with Crippen LogP contribution in [-0.4, -0.2) is 52.6 Å². The molecule has 2 unspecified atom stereocenters. The van der Waals surface area contributed by atoms with Gasteiger partial charge in [0.15, 0.2) is 0 Å². The summed E-state index contributed by atoms with van der Waals surface area (Å²) in [6.45, 7) is 3.54. The molecule has 1 aromatic rings. The standard InChI is InChI=1S/C18H30N2O6S2/c1-14(2)28(24,25)20-17-6-4-5-11-18(17,21)15-7-9-16(10-8-15)26-13-12-19-27(3,22)23/h7-10,14,17,19-21H,4-6,11-13H2,1-3H3. The average molecular weight is 435 g/mol. The zero-order valence-corrected chi connectivity index (χ0v) is 18.1. The van der Waals surface area contributed by atoms with Gasteiger partial charge in [-0.15, -0.1) is 0 Å². The molecular weight excluding hydrogens is 404 g/mol. The summed E-state index contributed by atoms with van der Waals surface area (Å²) in [6, 6.07) is 6.24. The van der Waals surface area contributed by atoms with Gasteiger partial charge < -0.3 is 9.84 Å². The number of nitrogens with one attached hydrogen (secondary N) is 2. The van der Waals surface area contributed by atoms with Crippen LogP contribution in [0.1, 0.15) is 45.1 Å². The van der Waals surface area contributed by atoms with Crippen LogP contribution in [0, 0.1) is 0 Å². The van der Waals surface area contributed by atoms with Gasteiger partial charge in [0, 0.05) is 6.54 Å². The van der Waals surface area contributed by atoms with E-state index in [0.29, 0.717) is 24.2 Å². The van der Waals surface area contributed by atoms with E-state index < -0.39 is 36.9 Å². The summed E-state index contributed by atoms with van der Waals surface area (Å²) in [5, 5.41) is 10.7. The van der Waals surface area contributed by atoms with E-state index in [1.165, 1.54) is 0 Å². The maximum Gasteiger partial charge on any atom is 0.214 e. The third-order valence-corrected chi connectivity index (χ3v) is 7.48. The molecule has 2 atom stereocenters. The van der Waals surface area contributed by atoms with E-state index in [2.05, 4.69) is 9.44 Å². The van der Waals surface area contributed by atoms with E-state index >= 15 is 0 Å². The maximum atomic E-state index is 12.3. The molecule has 0 aromatic heterocycles. The summed E-state index contributed by atoms with van der Waals surface area (Å²) in [7, 11) is -6.76. The molecule has 28 heavy (non-hydrogen) atoms. The van der Waals surface area contributed by atoms with E-state index in [1.54, 1.807) is 38.1 Å². The molecule has 8 nitrogen and oxygen atoms in total. The lowest BCUT2D eigenvalue weighted by molar-refractivity contribution is -0.0250. The average Bonchev–Trinajstić information content (AvgIpc) is 2.60. The highest BCUT2D eigenvalue weighted by atomic mass is 32.2. The Hall–Kier alpha value is -1.20. The van der Waals surface area contributed by atoms with E-state index in [0.717, 1.165) is 19.1 Å². The van der Waals surface area contributed by atoms with Crippen molar-refractivity contribution in [3.05, 3.63) is 29.8 Å². The van der Waals surface area contributed by atoms with Gasteiger partial charge in [0.2, 0.25) is 20.0 Å². The predicted molar refractivity (Wildman–Crippen MR) is 108 cm³/mol. The molecular formula is C18H30N2O6S2. The predicted octanol–water partition coefficient (Wildman–Crippen LogP) is 1.07. The number of sulfonamides is 2. The first kappa shape index (κ1) is 23.1. The zero-order valence-electron chi connectivity index (χ0n) is 16.5. The largest absolute Gasteiger partial charge is 0.492 e. The Kier molecular flexibility index (Phi) is 7.49. The highest BCUT2D eigenvalue weighted by Crippen LogP contribution is 2.38. The molecule has 0 heterocycles. The monoisotopic (exact) mass is 434 g/mol.